The first kappa shape index (κ1) is 16.6. The van der Waals surface area contributed by atoms with Crippen LogP contribution in [0, 0.1) is 12.7 Å². The van der Waals surface area contributed by atoms with E-state index in [2.05, 4.69) is 10.6 Å². The lowest BCUT2D eigenvalue weighted by Gasteiger charge is -2.12. The number of aryl methyl sites for hydroxylation is 1. The van der Waals surface area contributed by atoms with Crippen molar-refractivity contribution in [2.75, 3.05) is 11.9 Å². The Bertz CT molecular complexity index is 701. The van der Waals surface area contributed by atoms with Gasteiger partial charge in [0, 0.05) is 12.2 Å². The molecule has 0 aliphatic heterocycles. The summed E-state index contributed by atoms with van der Waals surface area (Å²) in [5, 5.41) is 14.7. The van der Waals surface area contributed by atoms with Gasteiger partial charge in [-0.2, -0.15) is 0 Å². The smallest absolute Gasteiger partial charge is 0.313 e. The van der Waals surface area contributed by atoms with Crippen LogP contribution in [0.15, 0.2) is 48.5 Å². The van der Waals surface area contributed by atoms with Crippen molar-refractivity contribution in [2.24, 2.45) is 0 Å². The molecule has 0 saturated carbocycles. The third-order valence-electron chi connectivity index (χ3n) is 3.31. The molecule has 5 nitrogen and oxygen atoms in total. The summed E-state index contributed by atoms with van der Waals surface area (Å²) in [5.74, 6) is -2.08. The van der Waals surface area contributed by atoms with Crippen molar-refractivity contribution in [1.82, 2.24) is 5.32 Å². The third-order valence-corrected chi connectivity index (χ3v) is 3.31. The van der Waals surface area contributed by atoms with E-state index in [-0.39, 0.29) is 6.54 Å². The van der Waals surface area contributed by atoms with Crippen molar-refractivity contribution >= 4 is 17.5 Å². The van der Waals surface area contributed by atoms with Crippen LogP contribution in [0.2, 0.25) is 0 Å². The van der Waals surface area contributed by atoms with Crippen molar-refractivity contribution in [3.63, 3.8) is 0 Å². The number of carbonyl (C=O) groups is 2. The quantitative estimate of drug-likeness (QED) is 0.754. The highest BCUT2D eigenvalue weighted by Gasteiger charge is 2.16. The van der Waals surface area contributed by atoms with Crippen LogP contribution in [-0.2, 0) is 9.59 Å². The van der Waals surface area contributed by atoms with E-state index in [1.165, 1.54) is 24.3 Å². The molecule has 0 saturated heterocycles. The summed E-state index contributed by atoms with van der Waals surface area (Å²) in [5.41, 5.74) is 1.83. The van der Waals surface area contributed by atoms with Gasteiger partial charge in [-0.3, -0.25) is 9.59 Å². The Labute approximate surface area is 133 Å². The first-order chi connectivity index (χ1) is 11.0. The zero-order valence-electron chi connectivity index (χ0n) is 12.5. The minimum absolute atomic E-state index is 0.147. The number of anilines is 1. The van der Waals surface area contributed by atoms with Gasteiger partial charge in [-0.25, -0.2) is 4.39 Å². The molecule has 0 radical (unpaired) electrons. The summed E-state index contributed by atoms with van der Waals surface area (Å²) in [7, 11) is 0. The molecule has 0 aliphatic carbocycles. The molecule has 120 valence electrons. The molecule has 2 amide bonds. The number of aliphatic hydroxyl groups is 1. The summed E-state index contributed by atoms with van der Waals surface area (Å²) >= 11 is 0. The second-order valence-electron chi connectivity index (χ2n) is 5.05. The Hall–Kier alpha value is -2.73. The minimum atomic E-state index is -1.02. The van der Waals surface area contributed by atoms with Gasteiger partial charge in [-0.05, 0) is 36.2 Å². The van der Waals surface area contributed by atoms with Gasteiger partial charge in [0.05, 0.1) is 6.10 Å². The second kappa shape index (κ2) is 7.51. The maximum absolute atomic E-state index is 12.8. The van der Waals surface area contributed by atoms with E-state index in [0.717, 1.165) is 5.56 Å². The largest absolute Gasteiger partial charge is 0.387 e. The van der Waals surface area contributed by atoms with Crippen LogP contribution in [0.1, 0.15) is 17.2 Å². The topological polar surface area (TPSA) is 78.4 Å². The highest BCUT2D eigenvalue weighted by Crippen LogP contribution is 2.14. The lowest BCUT2D eigenvalue weighted by molar-refractivity contribution is -0.136. The third kappa shape index (κ3) is 4.62. The van der Waals surface area contributed by atoms with Crippen LogP contribution in [-0.4, -0.2) is 23.5 Å². The van der Waals surface area contributed by atoms with E-state index < -0.39 is 23.7 Å². The molecule has 0 spiro atoms. The van der Waals surface area contributed by atoms with E-state index in [9.17, 15) is 19.1 Å². The fourth-order valence-electron chi connectivity index (χ4n) is 1.96. The molecule has 2 aromatic rings. The van der Waals surface area contributed by atoms with Gasteiger partial charge in [0.2, 0.25) is 0 Å². The summed E-state index contributed by atoms with van der Waals surface area (Å²) in [6.45, 7) is 1.66. The number of amides is 2. The van der Waals surface area contributed by atoms with Gasteiger partial charge in [-0.1, -0.05) is 30.3 Å². The van der Waals surface area contributed by atoms with Gasteiger partial charge < -0.3 is 15.7 Å². The Balaban J connectivity index is 1.87. The monoisotopic (exact) mass is 316 g/mol. The molecular weight excluding hydrogens is 299 g/mol. The Kier molecular flexibility index (Phi) is 5.43. The summed E-state index contributed by atoms with van der Waals surface area (Å²) < 4.78 is 12.8. The first-order valence-corrected chi connectivity index (χ1v) is 7.05. The van der Waals surface area contributed by atoms with Crippen molar-refractivity contribution in [3.8, 4) is 0 Å². The van der Waals surface area contributed by atoms with E-state index >= 15 is 0 Å². The maximum atomic E-state index is 12.8. The molecule has 23 heavy (non-hydrogen) atoms. The molecular formula is C17H17FN2O3. The van der Waals surface area contributed by atoms with Crippen molar-refractivity contribution < 1.29 is 19.1 Å². The summed E-state index contributed by atoms with van der Waals surface area (Å²) in [4.78, 5) is 23.6. The van der Waals surface area contributed by atoms with E-state index in [1.54, 1.807) is 12.1 Å². The van der Waals surface area contributed by atoms with Gasteiger partial charge in [-0.15, -0.1) is 0 Å². The average molecular weight is 316 g/mol. The number of aliphatic hydroxyl groups excluding tert-OH is 1. The molecule has 1 atom stereocenters. The van der Waals surface area contributed by atoms with Gasteiger partial charge in [0.15, 0.2) is 0 Å². The standard InChI is InChI=1S/C17H17FN2O3/c1-11-4-2-3-5-14(11)20-17(23)16(22)19-10-15(21)12-6-8-13(18)9-7-12/h2-9,15,21H,10H2,1H3,(H,19,22)(H,20,23). The Morgan fingerprint density at radius 3 is 2.39 bits per heavy atom. The zero-order valence-corrected chi connectivity index (χ0v) is 12.5. The summed E-state index contributed by atoms with van der Waals surface area (Å²) in [6, 6.07) is 12.3. The van der Waals surface area contributed by atoms with Crippen molar-refractivity contribution in [3.05, 3.63) is 65.5 Å². The molecule has 1 unspecified atom stereocenters. The highest BCUT2D eigenvalue weighted by atomic mass is 19.1. The second-order valence-corrected chi connectivity index (χ2v) is 5.05. The molecule has 0 heterocycles. The predicted octanol–water partition coefficient (Wildman–Crippen LogP) is 1.92. The van der Waals surface area contributed by atoms with Crippen LogP contribution >= 0.6 is 0 Å². The zero-order chi connectivity index (χ0) is 16.8. The minimum Gasteiger partial charge on any atom is -0.387 e. The predicted molar refractivity (Wildman–Crippen MR) is 84.2 cm³/mol. The van der Waals surface area contributed by atoms with E-state index in [1.807, 2.05) is 19.1 Å². The number of hydrogen-bond donors (Lipinski definition) is 3. The SMILES string of the molecule is Cc1ccccc1NC(=O)C(=O)NCC(O)c1ccc(F)cc1. The fourth-order valence-corrected chi connectivity index (χ4v) is 1.96. The van der Waals surface area contributed by atoms with Crippen LogP contribution < -0.4 is 10.6 Å². The lowest BCUT2D eigenvalue weighted by atomic mass is 10.1. The molecule has 2 rings (SSSR count). The molecule has 3 N–H and O–H groups in total. The van der Waals surface area contributed by atoms with Gasteiger partial charge >= 0.3 is 11.8 Å². The number of hydrogen-bond acceptors (Lipinski definition) is 3. The van der Waals surface area contributed by atoms with E-state index in [0.29, 0.717) is 11.3 Å². The Morgan fingerprint density at radius 2 is 1.74 bits per heavy atom. The molecule has 2 aromatic carbocycles. The molecule has 0 aliphatic rings. The number of nitrogens with one attached hydrogen (secondary N) is 2. The van der Waals surface area contributed by atoms with Crippen LogP contribution in [0.3, 0.4) is 0 Å². The maximum Gasteiger partial charge on any atom is 0.313 e. The fraction of sp³-hybridized carbons (Fsp3) is 0.176. The van der Waals surface area contributed by atoms with Gasteiger partial charge in [0.25, 0.3) is 0 Å². The van der Waals surface area contributed by atoms with E-state index in [4.69, 9.17) is 0 Å². The number of halogens is 1. The van der Waals surface area contributed by atoms with Crippen molar-refractivity contribution in [2.45, 2.75) is 13.0 Å². The molecule has 0 aromatic heterocycles. The highest BCUT2D eigenvalue weighted by molar-refractivity contribution is 6.39. The van der Waals surface area contributed by atoms with Crippen LogP contribution in [0.5, 0.6) is 0 Å². The number of para-hydroxylation sites is 1. The van der Waals surface area contributed by atoms with Crippen LogP contribution in [0.25, 0.3) is 0 Å². The van der Waals surface area contributed by atoms with Crippen LogP contribution in [0.4, 0.5) is 10.1 Å². The molecule has 0 fully saturated rings. The summed E-state index contributed by atoms with van der Waals surface area (Å²) in [6.07, 6.45) is -1.02. The first-order valence-electron chi connectivity index (χ1n) is 7.05. The number of rotatable bonds is 4. The molecule has 0 bridgehead atoms. The van der Waals surface area contributed by atoms with Crippen molar-refractivity contribution in [1.29, 1.82) is 0 Å². The lowest BCUT2D eigenvalue weighted by Crippen LogP contribution is -2.37. The molecule has 6 heteroatoms. The number of carbonyl (C=O) groups excluding carboxylic acids is 2. The number of benzene rings is 2. The normalized spacial score (nSPS) is 11.6. The average Bonchev–Trinajstić information content (AvgIpc) is 2.55. The van der Waals surface area contributed by atoms with Gasteiger partial charge in [0.1, 0.15) is 5.82 Å². The Morgan fingerprint density at radius 1 is 1.09 bits per heavy atom.